The zero-order chi connectivity index (χ0) is 16.0. The molecule has 2 atom stereocenters. The monoisotopic (exact) mass is 335 g/mol. The fourth-order valence-electron chi connectivity index (χ4n) is 1.58. The van der Waals surface area contributed by atoms with Crippen molar-refractivity contribution in [2.75, 3.05) is 18.6 Å². The van der Waals surface area contributed by atoms with Gasteiger partial charge in [-0.25, -0.2) is 17.9 Å². The Morgan fingerprint density at radius 1 is 1.38 bits per heavy atom. The van der Waals surface area contributed by atoms with Crippen LogP contribution < -0.4 is 9.46 Å². The van der Waals surface area contributed by atoms with Crippen molar-refractivity contribution in [3.63, 3.8) is 0 Å². The maximum atomic E-state index is 12.1. The first kappa shape index (κ1) is 17.6. The summed E-state index contributed by atoms with van der Waals surface area (Å²) in [5, 5.41) is 8.47. The van der Waals surface area contributed by atoms with Crippen LogP contribution in [0.3, 0.4) is 0 Å². The molecule has 1 aromatic rings. The molecule has 0 aliphatic rings. The van der Waals surface area contributed by atoms with E-state index in [0.29, 0.717) is 0 Å². The summed E-state index contributed by atoms with van der Waals surface area (Å²) in [5.74, 6) is -0.632. The van der Waals surface area contributed by atoms with Crippen LogP contribution in [-0.2, 0) is 25.6 Å². The minimum Gasteiger partial charge on any atom is -0.482 e. The number of ether oxygens (including phenoxy) is 1. The highest BCUT2D eigenvalue weighted by Crippen LogP contribution is 2.16. The Hall–Kier alpha value is -1.45. The lowest BCUT2D eigenvalue weighted by molar-refractivity contribution is -0.139. The molecule has 1 rings (SSSR count). The number of aliphatic carboxylic acids is 1. The van der Waals surface area contributed by atoms with E-state index in [0.717, 1.165) is 0 Å². The van der Waals surface area contributed by atoms with E-state index in [1.165, 1.54) is 30.5 Å². The maximum Gasteiger partial charge on any atom is 0.341 e. The molecular formula is C12H17NO6S2. The first-order valence-corrected chi connectivity index (χ1v) is 9.19. The molecule has 0 aliphatic carbocycles. The van der Waals surface area contributed by atoms with Gasteiger partial charge in [-0.3, -0.25) is 4.21 Å². The van der Waals surface area contributed by atoms with E-state index in [1.54, 1.807) is 6.92 Å². The van der Waals surface area contributed by atoms with Crippen LogP contribution >= 0.6 is 0 Å². The van der Waals surface area contributed by atoms with Crippen molar-refractivity contribution >= 4 is 26.8 Å². The second kappa shape index (κ2) is 7.53. The number of carboxylic acid groups (broad SMARTS) is 1. The fourth-order valence-corrected chi connectivity index (χ4v) is 3.72. The molecule has 0 heterocycles. The Kier molecular flexibility index (Phi) is 6.31. The maximum absolute atomic E-state index is 12.1. The minimum absolute atomic E-state index is 0.0268. The topological polar surface area (TPSA) is 110 Å². The summed E-state index contributed by atoms with van der Waals surface area (Å²) in [6, 6.07) is 4.92. The third kappa shape index (κ3) is 6.23. The summed E-state index contributed by atoms with van der Waals surface area (Å²) in [5.41, 5.74) is 0. The van der Waals surface area contributed by atoms with Crippen molar-refractivity contribution in [3.8, 4) is 5.75 Å². The van der Waals surface area contributed by atoms with E-state index >= 15 is 0 Å². The molecular weight excluding hydrogens is 318 g/mol. The Morgan fingerprint density at radius 3 is 2.43 bits per heavy atom. The van der Waals surface area contributed by atoms with Gasteiger partial charge in [0.25, 0.3) is 0 Å². The van der Waals surface area contributed by atoms with Gasteiger partial charge in [-0.2, -0.15) is 0 Å². The van der Waals surface area contributed by atoms with Crippen molar-refractivity contribution in [1.29, 1.82) is 0 Å². The van der Waals surface area contributed by atoms with Gasteiger partial charge in [0.15, 0.2) is 6.61 Å². The minimum atomic E-state index is -3.71. The summed E-state index contributed by atoms with van der Waals surface area (Å²) in [6.45, 7) is 1.13. The molecule has 0 fully saturated rings. The van der Waals surface area contributed by atoms with Crippen molar-refractivity contribution in [2.45, 2.75) is 17.9 Å². The second-order valence-corrected chi connectivity index (χ2v) is 7.61. The van der Waals surface area contributed by atoms with Crippen molar-refractivity contribution in [2.24, 2.45) is 0 Å². The first-order valence-electron chi connectivity index (χ1n) is 5.97. The van der Waals surface area contributed by atoms with Crippen molar-refractivity contribution in [3.05, 3.63) is 24.3 Å². The molecule has 0 aliphatic heterocycles. The molecule has 0 saturated carbocycles. The third-order valence-corrected chi connectivity index (χ3v) is 4.91. The van der Waals surface area contributed by atoms with Crippen LogP contribution in [0.1, 0.15) is 6.92 Å². The number of hydrogen-bond acceptors (Lipinski definition) is 5. The number of hydrogen-bond donors (Lipinski definition) is 2. The first-order chi connectivity index (χ1) is 9.70. The van der Waals surface area contributed by atoms with E-state index in [-0.39, 0.29) is 16.4 Å². The molecule has 0 spiro atoms. The van der Waals surface area contributed by atoms with Crippen LogP contribution in [0.25, 0.3) is 0 Å². The van der Waals surface area contributed by atoms with Crippen LogP contribution in [0.2, 0.25) is 0 Å². The molecule has 2 N–H and O–H groups in total. The van der Waals surface area contributed by atoms with Crippen LogP contribution in [-0.4, -0.2) is 48.4 Å². The summed E-state index contributed by atoms with van der Waals surface area (Å²) >= 11 is 0. The van der Waals surface area contributed by atoms with Crippen LogP contribution in [0.15, 0.2) is 29.2 Å². The highest BCUT2D eigenvalue weighted by molar-refractivity contribution is 7.89. The zero-order valence-corrected chi connectivity index (χ0v) is 13.2. The second-order valence-electron chi connectivity index (χ2n) is 4.42. The van der Waals surface area contributed by atoms with Crippen LogP contribution in [0.4, 0.5) is 0 Å². The molecule has 2 unspecified atom stereocenters. The Balaban J connectivity index is 2.75. The van der Waals surface area contributed by atoms with Gasteiger partial charge in [0, 0.05) is 28.9 Å². The van der Waals surface area contributed by atoms with Gasteiger partial charge in [0.2, 0.25) is 10.0 Å². The predicted octanol–water partition coefficient (Wildman–Crippen LogP) is 0.195. The van der Waals surface area contributed by atoms with Gasteiger partial charge in [0.1, 0.15) is 5.75 Å². The largest absolute Gasteiger partial charge is 0.482 e. The lowest BCUT2D eigenvalue weighted by atomic mass is 10.3. The molecule has 9 heteroatoms. The summed E-state index contributed by atoms with van der Waals surface area (Å²) in [7, 11) is -4.81. The smallest absolute Gasteiger partial charge is 0.341 e. The molecule has 7 nitrogen and oxygen atoms in total. The summed E-state index contributed by atoms with van der Waals surface area (Å²) in [4.78, 5) is 10.4. The molecule has 21 heavy (non-hydrogen) atoms. The van der Waals surface area contributed by atoms with Crippen molar-refractivity contribution in [1.82, 2.24) is 4.72 Å². The molecule has 0 aromatic heterocycles. The van der Waals surface area contributed by atoms with Gasteiger partial charge < -0.3 is 9.84 Å². The average molecular weight is 335 g/mol. The predicted molar refractivity (Wildman–Crippen MR) is 78.3 cm³/mol. The number of sulfonamides is 1. The Labute approximate surface area is 125 Å². The zero-order valence-electron chi connectivity index (χ0n) is 11.6. The van der Waals surface area contributed by atoms with Crippen molar-refractivity contribution < 1.29 is 27.3 Å². The lowest BCUT2D eigenvalue weighted by Gasteiger charge is -2.13. The Morgan fingerprint density at radius 2 is 1.95 bits per heavy atom. The molecule has 0 bridgehead atoms. The number of carboxylic acids is 1. The highest BCUT2D eigenvalue weighted by Gasteiger charge is 2.18. The molecule has 0 radical (unpaired) electrons. The fraction of sp³-hybridized carbons (Fsp3) is 0.417. The number of carbonyl (C=O) groups is 1. The standard InChI is InChI=1S/C12H17NO6S2/c1-9(8-20(2)16)13-21(17,18)11-5-3-10(4-6-11)19-7-12(14)15/h3-6,9,13H,7-8H2,1-2H3,(H,14,15). The number of rotatable bonds is 8. The van der Waals surface area contributed by atoms with Gasteiger partial charge in [0.05, 0.1) is 4.90 Å². The van der Waals surface area contributed by atoms with E-state index < -0.39 is 39.4 Å². The van der Waals surface area contributed by atoms with E-state index in [4.69, 9.17) is 9.84 Å². The normalized spacial score (nSPS) is 14.4. The summed E-state index contributed by atoms with van der Waals surface area (Å²) < 4.78 is 42.5. The molecule has 0 saturated heterocycles. The van der Waals surface area contributed by atoms with Gasteiger partial charge >= 0.3 is 5.97 Å². The van der Waals surface area contributed by atoms with E-state index in [2.05, 4.69) is 4.72 Å². The number of benzene rings is 1. The quantitative estimate of drug-likeness (QED) is 0.702. The molecule has 118 valence electrons. The van der Waals surface area contributed by atoms with Gasteiger partial charge in [-0.1, -0.05) is 0 Å². The van der Waals surface area contributed by atoms with Crippen LogP contribution in [0.5, 0.6) is 5.75 Å². The highest BCUT2D eigenvalue weighted by atomic mass is 32.2. The van der Waals surface area contributed by atoms with Gasteiger partial charge in [-0.05, 0) is 31.2 Å². The molecule has 1 aromatic carbocycles. The summed E-state index contributed by atoms with van der Waals surface area (Å²) in [6.07, 6.45) is 1.50. The SMILES string of the molecule is CC(CS(C)=O)NS(=O)(=O)c1ccc(OCC(=O)O)cc1. The third-order valence-electron chi connectivity index (χ3n) is 2.34. The molecule has 0 amide bonds. The average Bonchev–Trinajstić information content (AvgIpc) is 2.35. The van der Waals surface area contributed by atoms with E-state index in [1.807, 2.05) is 0 Å². The van der Waals surface area contributed by atoms with Gasteiger partial charge in [-0.15, -0.1) is 0 Å². The number of nitrogens with one attached hydrogen (secondary N) is 1. The lowest BCUT2D eigenvalue weighted by Crippen LogP contribution is -2.36. The van der Waals surface area contributed by atoms with Crippen LogP contribution in [0, 0.1) is 0 Å². The Bertz CT molecular complexity index is 611. The van der Waals surface area contributed by atoms with E-state index in [9.17, 15) is 17.4 Å².